The predicted octanol–water partition coefficient (Wildman–Crippen LogP) is 1.97. The van der Waals surface area contributed by atoms with Crippen LogP contribution in [0, 0.1) is 0 Å². The second-order valence-corrected chi connectivity index (χ2v) is 9.50. The number of benzene rings is 1. The summed E-state index contributed by atoms with van der Waals surface area (Å²) < 4.78 is 17.9. The molecular formula is C19H27Cl2N3O3S. The first-order chi connectivity index (χ1) is 13.5. The fourth-order valence-electron chi connectivity index (χ4n) is 3.55. The smallest absolute Gasteiger partial charge is 0.239 e. The second kappa shape index (κ2) is 10.4. The summed E-state index contributed by atoms with van der Waals surface area (Å²) in [4.78, 5) is 19.7. The van der Waals surface area contributed by atoms with Crippen LogP contribution in [0.1, 0.15) is 6.92 Å². The number of rotatable bonds is 6. The summed E-state index contributed by atoms with van der Waals surface area (Å²) in [6, 6.07) is 4.95. The number of ether oxygens (including phenoxy) is 1. The molecule has 1 aromatic rings. The van der Waals surface area contributed by atoms with Gasteiger partial charge in [-0.25, -0.2) is 0 Å². The Balaban J connectivity index is 1.44. The molecule has 1 aromatic carbocycles. The van der Waals surface area contributed by atoms with Gasteiger partial charge in [0.1, 0.15) is 0 Å². The summed E-state index contributed by atoms with van der Waals surface area (Å²) in [7, 11) is -1.18. The molecule has 0 N–H and O–H groups in total. The van der Waals surface area contributed by atoms with E-state index >= 15 is 0 Å². The molecule has 0 saturated carbocycles. The topological polar surface area (TPSA) is 53.1 Å². The highest BCUT2D eigenvalue weighted by atomic mass is 35.5. The minimum atomic E-state index is -1.18. The lowest BCUT2D eigenvalue weighted by atomic mass is 10.2. The molecule has 2 unspecified atom stereocenters. The van der Waals surface area contributed by atoms with Crippen LogP contribution >= 0.6 is 23.2 Å². The van der Waals surface area contributed by atoms with Crippen molar-refractivity contribution in [2.75, 3.05) is 64.8 Å². The highest BCUT2D eigenvalue weighted by Crippen LogP contribution is 2.24. The molecule has 2 atom stereocenters. The standard InChI is InChI=1S/C19H27Cl2N3O3S/c1-15(19(25)24-8-11-27-12-9-24)23-6-4-22(5-7-23)10-13-28(26)18-14-16(20)2-3-17(18)21/h2-3,14-15H,4-13H2,1H3. The largest absolute Gasteiger partial charge is 0.378 e. The first-order valence-electron chi connectivity index (χ1n) is 9.62. The molecule has 1 amide bonds. The van der Waals surface area contributed by atoms with Crippen molar-refractivity contribution in [3.8, 4) is 0 Å². The van der Waals surface area contributed by atoms with Crippen LogP contribution in [0.5, 0.6) is 0 Å². The van der Waals surface area contributed by atoms with Gasteiger partial charge in [-0.1, -0.05) is 23.2 Å². The minimum Gasteiger partial charge on any atom is -0.378 e. The van der Waals surface area contributed by atoms with E-state index in [0.717, 1.165) is 32.7 Å². The molecule has 28 heavy (non-hydrogen) atoms. The zero-order chi connectivity index (χ0) is 20.1. The van der Waals surface area contributed by atoms with Gasteiger partial charge in [0.2, 0.25) is 5.91 Å². The Kier molecular flexibility index (Phi) is 8.14. The molecule has 0 aromatic heterocycles. The number of hydrogen-bond donors (Lipinski definition) is 0. The van der Waals surface area contributed by atoms with Gasteiger partial charge in [-0.15, -0.1) is 0 Å². The molecule has 2 fully saturated rings. The van der Waals surface area contributed by atoms with Gasteiger partial charge in [0.25, 0.3) is 0 Å². The number of amides is 1. The summed E-state index contributed by atoms with van der Waals surface area (Å²) in [5.74, 6) is 0.705. The summed E-state index contributed by atoms with van der Waals surface area (Å²) in [5, 5.41) is 1.03. The molecular weight excluding hydrogens is 421 g/mol. The molecule has 3 rings (SSSR count). The van der Waals surface area contributed by atoms with E-state index < -0.39 is 10.8 Å². The van der Waals surface area contributed by atoms with Gasteiger partial charge in [-0.05, 0) is 25.1 Å². The van der Waals surface area contributed by atoms with Gasteiger partial charge >= 0.3 is 0 Å². The fraction of sp³-hybridized carbons (Fsp3) is 0.632. The van der Waals surface area contributed by atoms with Gasteiger partial charge in [0, 0.05) is 56.6 Å². The first kappa shape index (κ1) is 22.0. The zero-order valence-corrected chi connectivity index (χ0v) is 18.4. The SMILES string of the molecule is CC(C(=O)N1CCOCC1)N1CCN(CCS(=O)c2cc(Cl)ccc2Cl)CC1. The van der Waals surface area contributed by atoms with E-state index in [2.05, 4.69) is 9.80 Å². The van der Waals surface area contributed by atoms with Crippen molar-refractivity contribution in [3.05, 3.63) is 28.2 Å². The van der Waals surface area contributed by atoms with E-state index in [0.29, 0.717) is 47.0 Å². The minimum absolute atomic E-state index is 0.111. The maximum absolute atomic E-state index is 12.7. The highest BCUT2D eigenvalue weighted by Gasteiger charge is 2.29. The molecule has 9 heteroatoms. The third-order valence-electron chi connectivity index (χ3n) is 5.37. The molecule has 2 aliphatic rings. The molecule has 2 aliphatic heterocycles. The van der Waals surface area contributed by atoms with Crippen molar-refractivity contribution >= 4 is 39.9 Å². The Morgan fingerprint density at radius 1 is 1.14 bits per heavy atom. The lowest BCUT2D eigenvalue weighted by molar-refractivity contribution is -0.141. The quantitative estimate of drug-likeness (QED) is 0.666. The van der Waals surface area contributed by atoms with Crippen LogP contribution < -0.4 is 0 Å². The van der Waals surface area contributed by atoms with E-state index in [1.54, 1.807) is 18.2 Å². The predicted molar refractivity (Wildman–Crippen MR) is 113 cm³/mol. The Bertz CT molecular complexity index is 708. The first-order valence-corrected chi connectivity index (χ1v) is 11.7. The number of piperazine rings is 1. The molecule has 0 radical (unpaired) electrons. The zero-order valence-electron chi connectivity index (χ0n) is 16.1. The maximum atomic E-state index is 12.7. The fourth-order valence-corrected chi connectivity index (χ4v) is 5.35. The molecule has 2 heterocycles. The van der Waals surface area contributed by atoms with Gasteiger partial charge in [0.05, 0.1) is 40.0 Å². The molecule has 6 nitrogen and oxygen atoms in total. The van der Waals surface area contributed by atoms with Crippen molar-refractivity contribution in [2.24, 2.45) is 0 Å². The second-order valence-electron chi connectivity index (χ2n) is 7.12. The summed E-state index contributed by atoms with van der Waals surface area (Å²) in [5.41, 5.74) is 0. The van der Waals surface area contributed by atoms with E-state index in [9.17, 15) is 9.00 Å². The van der Waals surface area contributed by atoms with Crippen molar-refractivity contribution in [1.29, 1.82) is 0 Å². The van der Waals surface area contributed by atoms with Crippen LogP contribution in [0.3, 0.4) is 0 Å². The van der Waals surface area contributed by atoms with E-state index in [-0.39, 0.29) is 11.9 Å². The third-order valence-corrected chi connectivity index (χ3v) is 7.42. The molecule has 0 aliphatic carbocycles. The molecule has 0 spiro atoms. The molecule has 156 valence electrons. The summed E-state index contributed by atoms with van der Waals surface area (Å²) >= 11 is 12.1. The average Bonchev–Trinajstić information content (AvgIpc) is 2.73. The highest BCUT2D eigenvalue weighted by molar-refractivity contribution is 7.85. The van der Waals surface area contributed by atoms with E-state index in [1.165, 1.54) is 0 Å². The van der Waals surface area contributed by atoms with Crippen LogP contribution in [-0.4, -0.2) is 95.6 Å². The van der Waals surface area contributed by atoms with Crippen LogP contribution in [0.4, 0.5) is 0 Å². The van der Waals surface area contributed by atoms with Crippen molar-refractivity contribution in [3.63, 3.8) is 0 Å². The van der Waals surface area contributed by atoms with Gasteiger partial charge in [-0.2, -0.15) is 0 Å². The van der Waals surface area contributed by atoms with Gasteiger partial charge < -0.3 is 9.64 Å². The lowest BCUT2D eigenvalue weighted by Crippen LogP contribution is -2.56. The van der Waals surface area contributed by atoms with Crippen LogP contribution in [0.15, 0.2) is 23.1 Å². The number of nitrogens with zero attached hydrogens (tertiary/aromatic N) is 3. The van der Waals surface area contributed by atoms with Crippen molar-refractivity contribution in [1.82, 2.24) is 14.7 Å². The number of hydrogen-bond acceptors (Lipinski definition) is 5. The van der Waals surface area contributed by atoms with Crippen LogP contribution in [-0.2, 0) is 20.3 Å². The van der Waals surface area contributed by atoms with Crippen LogP contribution in [0.2, 0.25) is 10.0 Å². The third kappa shape index (κ3) is 5.68. The Labute approximate surface area is 179 Å². The lowest BCUT2D eigenvalue weighted by Gasteiger charge is -2.39. The average molecular weight is 448 g/mol. The Morgan fingerprint density at radius 2 is 1.82 bits per heavy atom. The summed E-state index contributed by atoms with van der Waals surface area (Å²) in [6.45, 7) is 8.73. The number of morpholine rings is 1. The number of halogens is 2. The summed E-state index contributed by atoms with van der Waals surface area (Å²) in [6.07, 6.45) is 0. The van der Waals surface area contributed by atoms with Gasteiger partial charge in [-0.3, -0.25) is 18.8 Å². The molecule has 0 bridgehead atoms. The van der Waals surface area contributed by atoms with Gasteiger partial charge in [0.15, 0.2) is 0 Å². The van der Waals surface area contributed by atoms with Crippen LogP contribution in [0.25, 0.3) is 0 Å². The van der Waals surface area contributed by atoms with Crippen molar-refractivity contribution < 1.29 is 13.7 Å². The van der Waals surface area contributed by atoms with Crippen molar-refractivity contribution in [2.45, 2.75) is 17.9 Å². The molecule has 2 saturated heterocycles. The Morgan fingerprint density at radius 3 is 2.50 bits per heavy atom. The normalized spacial score (nSPS) is 21.5. The maximum Gasteiger partial charge on any atom is 0.239 e. The number of carbonyl (C=O) groups is 1. The number of carbonyl (C=O) groups excluding carboxylic acids is 1. The van der Waals surface area contributed by atoms with E-state index in [4.69, 9.17) is 27.9 Å². The Hall–Kier alpha value is -0.700. The van der Waals surface area contributed by atoms with E-state index in [1.807, 2.05) is 11.8 Å². The monoisotopic (exact) mass is 447 g/mol.